The lowest BCUT2D eigenvalue weighted by molar-refractivity contribution is -0.122. The van der Waals surface area contributed by atoms with Crippen LogP contribution in [0.5, 0.6) is 0 Å². The van der Waals surface area contributed by atoms with Crippen LogP contribution in [0.25, 0.3) is 0 Å². The molecule has 0 radical (unpaired) electrons. The summed E-state index contributed by atoms with van der Waals surface area (Å²) in [5.41, 5.74) is -0.676. The van der Waals surface area contributed by atoms with E-state index in [0.29, 0.717) is 18.8 Å². The van der Waals surface area contributed by atoms with Gasteiger partial charge < -0.3 is 0 Å². The number of rotatable bonds is 1. The predicted molar refractivity (Wildman–Crippen MR) is 46.1 cm³/mol. The molecule has 1 aromatic rings. The van der Waals surface area contributed by atoms with Crippen molar-refractivity contribution >= 4 is 5.78 Å². The highest BCUT2D eigenvalue weighted by Gasteiger charge is 2.41. The number of aryl methyl sites for hydroxylation is 1. The third-order valence-corrected chi connectivity index (χ3v) is 2.43. The summed E-state index contributed by atoms with van der Waals surface area (Å²) in [6.07, 6.45) is 0.560. The van der Waals surface area contributed by atoms with E-state index in [1.165, 1.54) is 0 Å². The van der Waals surface area contributed by atoms with Gasteiger partial charge in [0.1, 0.15) is 11.4 Å². The highest BCUT2D eigenvalue weighted by molar-refractivity contribution is 5.90. The smallest absolute Gasteiger partial charge is 0.177 e. The number of nitrogens with one attached hydrogen (secondary N) is 2. The van der Waals surface area contributed by atoms with Gasteiger partial charge in [-0.2, -0.15) is 5.10 Å². The summed E-state index contributed by atoms with van der Waals surface area (Å²) in [7, 11) is 0. The molecule has 0 amide bonds. The molecule has 13 heavy (non-hydrogen) atoms. The molecule has 1 unspecified atom stereocenters. The maximum absolute atomic E-state index is 11.5. The van der Waals surface area contributed by atoms with Crippen LogP contribution in [-0.2, 0) is 10.3 Å². The van der Waals surface area contributed by atoms with Crippen molar-refractivity contribution in [3.05, 3.63) is 11.6 Å². The number of carbonyl (C=O) groups excluding carboxylic acids is 1. The number of H-pyrrole nitrogens is 1. The van der Waals surface area contributed by atoms with Crippen LogP contribution in [0.4, 0.5) is 0 Å². The lowest BCUT2D eigenvalue weighted by Crippen LogP contribution is -2.40. The number of hydrogen-bond donors (Lipinski definition) is 2. The van der Waals surface area contributed by atoms with Gasteiger partial charge in [0, 0.05) is 13.0 Å². The minimum Gasteiger partial charge on any atom is -0.298 e. The standard InChI is InChI=1S/C8H12N4O/c1-5-10-7(12-11-5)8(2)6(13)3-4-9-8/h9H,3-4H2,1-2H3,(H,10,11,12). The summed E-state index contributed by atoms with van der Waals surface area (Å²) in [4.78, 5) is 15.7. The zero-order valence-corrected chi connectivity index (χ0v) is 7.72. The molecule has 2 heterocycles. The molecular weight excluding hydrogens is 168 g/mol. The Morgan fingerprint density at radius 1 is 1.54 bits per heavy atom. The van der Waals surface area contributed by atoms with Gasteiger partial charge in [-0.3, -0.25) is 15.2 Å². The van der Waals surface area contributed by atoms with Crippen molar-refractivity contribution in [2.24, 2.45) is 0 Å². The Hall–Kier alpha value is -1.23. The van der Waals surface area contributed by atoms with Gasteiger partial charge in [-0.1, -0.05) is 0 Å². The Morgan fingerprint density at radius 2 is 2.31 bits per heavy atom. The van der Waals surface area contributed by atoms with Crippen molar-refractivity contribution in [3.63, 3.8) is 0 Å². The number of nitrogens with zero attached hydrogens (tertiary/aromatic N) is 2. The van der Waals surface area contributed by atoms with Crippen molar-refractivity contribution in [2.45, 2.75) is 25.8 Å². The predicted octanol–water partition coefficient (Wildman–Crippen LogP) is -0.109. The topological polar surface area (TPSA) is 70.7 Å². The van der Waals surface area contributed by atoms with Crippen molar-refractivity contribution in [3.8, 4) is 0 Å². The summed E-state index contributed by atoms with van der Waals surface area (Å²) >= 11 is 0. The third kappa shape index (κ3) is 1.16. The number of aromatic nitrogens is 3. The van der Waals surface area contributed by atoms with Crippen LogP contribution in [0.3, 0.4) is 0 Å². The maximum Gasteiger partial charge on any atom is 0.177 e. The van der Waals surface area contributed by atoms with Gasteiger partial charge in [-0.25, -0.2) is 4.98 Å². The number of Topliss-reactive ketones (excluding diaryl/α,β-unsaturated/α-hetero) is 1. The van der Waals surface area contributed by atoms with Gasteiger partial charge >= 0.3 is 0 Å². The molecule has 1 saturated heterocycles. The molecule has 0 spiro atoms. The summed E-state index contributed by atoms with van der Waals surface area (Å²) in [6, 6.07) is 0. The summed E-state index contributed by atoms with van der Waals surface area (Å²) < 4.78 is 0. The Morgan fingerprint density at radius 3 is 2.77 bits per heavy atom. The fourth-order valence-corrected chi connectivity index (χ4v) is 1.54. The van der Waals surface area contributed by atoms with E-state index in [0.717, 1.165) is 5.82 Å². The van der Waals surface area contributed by atoms with Crippen molar-refractivity contribution in [2.75, 3.05) is 6.54 Å². The van der Waals surface area contributed by atoms with E-state index in [1.54, 1.807) is 0 Å². The lowest BCUT2D eigenvalue weighted by atomic mass is 9.98. The highest BCUT2D eigenvalue weighted by atomic mass is 16.1. The van der Waals surface area contributed by atoms with Crippen LogP contribution in [-0.4, -0.2) is 27.5 Å². The second-order valence-electron chi connectivity index (χ2n) is 3.47. The fourth-order valence-electron chi connectivity index (χ4n) is 1.54. The maximum atomic E-state index is 11.5. The molecule has 1 fully saturated rings. The van der Waals surface area contributed by atoms with E-state index in [1.807, 2.05) is 13.8 Å². The molecule has 1 aliphatic rings. The van der Waals surface area contributed by atoms with Crippen LogP contribution >= 0.6 is 0 Å². The van der Waals surface area contributed by atoms with Crippen LogP contribution in [0.15, 0.2) is 0 Å². The number of ketones is 1. The van der Waals surface area contributed by atoms with E-state index in [4.69, 9.17) is 0 Å². The SMILES string of the molecule is Cc1nc(C2(C)NCCC2=O)n[nH]1. The van der Waals surface area contributed by atoms with E-state index >= 15 is 0 Å². The lowest BCUT2D eigenvalue weighted by Gasteiger charge is -2.17. The van der Waals surface area contributed by atoms with Gasteiger partial charge in [0.25, 0.3) is 0 Å². The number of aromatic amines is 1. The van der Waals surface area contributed by atoms with Gasteiger partial charge in [0.15, 0.2) is 11.6 Å². The van der Waals surface area contributed by atoms with Crippen LogP contribution in [0.1, 0.15) is 25.0 Å². The Labute approximate surface area is 75.9 Å². The molecule has 1 atom stereocenters. The Bertz CT molecular complexity index is 346. The monoisotopic (exact) mass is 180 g/mol. The van der Waals surface area contributed by atoms with Gasteiger partial charge in [0.05, 0.1) is 0 Å². The minimum atomic E-state index is -0.676. The molecule has 70 valence electrons. The second kappa shape index (κ2) is 2.63. The minimum absolute atomic E-state index is 0.159. The summed E-state index contributed by atoms with van der Waals surface area (Å²) in [6.45, 7) is 4.35. The number of hydrogen-bond acceptors (Lipinski definition) is 4. The Kier molecular flexibility index (Phi) is 1.69. The van der Waals surface area contributed by atoms with Crippen molar-refractivity contribution in [1.29, 1.82) is 0 Å². The molecule has 0 bridgehead atoms. The molecule has 2 rings (SSSR count). The van der Waals surface area contributed by atoms with Crippen molar-refractivity contribution in [1.82, 2.24) is 20.5 Å². The highest BCUT2D eigenvalue weighted by Crippen LogP contribution is 2.23. The summed E-state index contributed by atoms with van der Waals surface area (Å²) in [5.74, 6) is 1.44. The van der Waals surface area contributed by atoms with Crippen molar-refractivity contribution < 1.29 is 4.79 Å². The summed E-state index contributed by atoms with van der Waals surface area (Å²) in [5, 5.41) is 9.86. The van der Waals surface area contributed by atoms with Crippen LogP contribution in [0.2, 0.25) is 0 Å². The van der Waals surface area contributed by atoms with Gasteiger partial charge in [0.2, 0.25) is 0 Å². The van der Waals surface area contributed by atoms with Gasteiger partial charge in [-0.15, -0.1) is 0 Å². The molecule has 5 heteroatoms. The quantitative estimate of drug-likeness (QED) is 0.632. The normalized spacial score (nSPS) is 28.3. The average molecular weight is 180 g/mol. The van der Waals surface area contributed by atoms with Gasteiger partial charge in [-0.05, 0) is 13.8 Å². The molecule has 1 aromatic heterocycles. The van der Waals surface area contributed by atoms with E-state index in [9.17, 15) is 4.79 Å². The zero-order chi connectivity index (χ0) is 9.47. The molecule has 0 aromatic carbocycles. The second-order valence-corrected chi connectivity index (χ2v) is 3.47. The molecule has 0 saturated carbocycles. The molecule has 5 nitrogen and oxygen atoms in total. The molecule has 1 aliphatic heterocycles. The first-order chi connectivity index (χ1) is 6.13. The van der Waals surface area contributed by atoms with E-state index in [-0.39, 0.29) is 5.78 Å². The molecule has 0 aliphatic carbocycles. The fraction of sp³-hybridized carbons (Fsp3) is 0.625. The first kappa shape index (κ1) is 8.37. The number of carbonyl (C=O) groups is 1. The largest absolute Gasteiger partial charge is 0.298 e. The molecule has 2 N–H and O–H groups in total. The first-order valence-electron chi connectivity index (χ1n) is 4.31. The first-order valence-corrected chi connectivity index (χ1v) is 4.31. The van der Waals surface area contributed by atoms with Crippen LogP contribution < -0.4 is 5.32 Å². The zero-order valence-electron chi connectivity index (χ0n) is 7.72. The van der Waals surface area contributed by atoms with Crippen LogP contribution in [0, 0.1) is 6.92 Å². The average Bonchev–Trinajstić information content (AvgIpc) is 2.62. The van der Waals surface area contributed by atoms with E-state index < -0.39 is 5.54 Å². The van der Waals surface area contributed by atoms with E-state index in [2.05, 4.69) is 20.5 Å². The molecular formula is C8H12N4O. The third-order valence-electron chi connectivity index (χ3n) is 2.43. The Balaban J connectivity index is 2.39.